The topological polar surface area (TPSA) is 37.3 Å². The molecule has 1 aromatic carbocycles. The van der Waals surface area contributed by atoms with Crippen molar-refractivity contribution < 1.29 is 9.90 Å². The van der Waals surface area contributed by atoms with Gasteiger partial charge in [0.2, 0.25) is 0 Å². The molecular formula is C16H24O2. The Kier molecular flexibility index (Phi) is 4.55. The van der Waals surface area contributed by atoms with Gasteiger partial charge in [0.25, 0.3) is 0 Å². The molecule has 0 bridgehead atoms. The first-order valence-corrected chi connectivity index (χ1v) is 6.54. The first-order chi connectivity index (χ1) is 8.21. The van der Waals surface area contributed by atoms with Gasteiger partial charge in [0.05, 0.1) is 0 Å². The molecular weight excluding hydrogens is 224 g/mol. The number of hydrogen-bond donors (Lipinski definition) is 1. The Balaban J connectivity index is 2.94. The molecule has 0 saturated heterocycles. The smallest absolute Gasteiger partial charge is 0.303 e. The normalized spacial score (nSPS) is 13.4. The largest absolute Gasteiger partial charge is 0.481 e. The summed E-state index contributed by atoms with van der Waals surface area (Å²) in [5.41, 5.74) is 4.03. The van der Waals surface area contributed by atoms with Crippen LogP contribution in [0.4, 0.5) is 0 Å². The predicted molar refractivity (Wildman–Crippen MR) is 75.2 cm³/mol. The van der Waals surface area contributed by atoms with Crippen molar-refractivity contribution >= 4 is 5.97 Å². The first-order valence-electron chi connectivity index (χ1n) is 6.54. The van der Waals surface area contributed by atoms with Crippen molar-refractivity contribution in [2.24, 2.45) is 0 Å². The first kappa shape index (κ1) is 14.7. The van der Waals surface area contributed by atoms with Crippen molar-refractivity contribution in [2.75, 3.05) is 0 Å². The molecule has 0 aromatic heterocycles. The van der Waals surface area contributed by atoms with Gasteiger partial charge >= 0.3 is 5.97 Å². The predicted octanol–water partition coefficient (Wildman–Crippen LogP) is 4.26. The summed E-state index contributed by atoms with van der Waals surface area (Å²) in [5.74, 6) is -0.423. The highest BCUT2D eigenvalue weighted by Gasteiger charge is 2.18. The second kappa shape index (κ2) is 5.55. The number of aliphatic carboxylic acids is 1. The zero-order valence-electron chi connectivity index (χ0n) is 12.1. The summed E-state index contributed by atoms with van der Waals surface area (Å²) in [7, 11) is 0. The number of aryl methyl sites for hydroxylation is 1. The minimum atomic E-state index is -0.718. The van der Waals surface area contributed by atoms with Gasteiger partial charge in [-0.25, -0.2) is 0 Å². The fraction of sp³-hybridized carbons (Fsp3) is 0.562. The Hall–Kier alpha value is -1.31. The van der Waals surface area contributed by atoms with Gasteiger partial charge in [-0.3, -0.25) is 4.79 Å². The quantitative estimate of drug-likeness (QED) is 0.864. The van der Waals surface area contributed by atoms with E-state index >= 15 is 0 Å². The van der Waals surface area contributed by atoms with Gasteiger partial charge in [-0.2, -0.15) is 0 Å². The molecule has 1 aromatic rings. The summed E-state index contributed by atoms with van der Waals surface area (Å²) < 4.78 is 0. The zero-order chi connectivity index (χ0) is 13.9. The maximum absolute atomic E-state index is 10.6. The second-order valence-corrected chi connectivity index (χ2v) is 6.16. The number of carbonyl (C=O) groups is 1. The van der Waals surface area contributed by atoms with Crippen LogP contribution >= 0.6 is 0 Å². The van der Waals surface area contributed by atoms with Crippen LogP contribution < -0.4 is 0 Å². The van der Waals surface area contributed by atoms with E-state index in [0.717, 1.165) is 0 Å². The van der Waals surface area contributed by atoms with Crippen LogP contribution in [0.15, 0.2) is 18.2 Å². The van der Waals surface area contributed by atoms with Crippen molar-refractivity contribution in [1.29, 1.82) is 0 Å². The Bertz CT molecular complexity index is 427. The Morgan fingerprint density at radius 2 is 1.94 bits per heavy atom. The SMILES string of the molecule is Cc1ccc(C(C)CCC(=O)O)cc1C(C)(C)C. The van der Waals surface area contributed by atoms with Gasteiger partial charge in [-0.15, -0.1) is 0 Å². The van der Waals surface area contributed by atoms with Gasteiger partial charge in [0, 0.05) is 6.42 Å². The van der Waals surface area contributed by atoms with E-state index in [1.165, 1.54) is 16.7 Å². The summed E-state index contributed by atoms with van der Waals surface area (Å²) in [5, 5.41) is 8.74. The summed E-state index contributed by atoms with van der Waals surface area (Å²) in [6.07, 6.45) is 0.932. The van der Waals surface area contributed by atoms with Crippen LogP contribution in [-0.2, 0) is 10.2 Å². The molecule has 0 heterocycles. The summed E-state index contributed by atoms with van der Waals surface area (Å²) >= 11 is 0. The molecule has 18 heavy (non-hydrogen) atoms. The summed E-state index contributed by atoms with van der Waals surface area (Å²) in [6, 6.07) is 6.51. The van der Waals surface area contributed by atoms with E-state index < -0.39 is 5.97 Å². The lowest BCUT2D eigenvalue weighted by Gasteiger charge is -2.24. The van der Waals surface area contributed by atoms with Gasteiger partial charge in [0.15, 0.2) is 0 Å². The van der Waals surface area contributed by atoms with Crippen LogP contribution in [0.25, 0.3) is 0 Å². The Morgan fingerprint density at radius 3 is 2.44 bits per heavy atom. The molecule has 0 fully saturated rings. The van der Waals surface area contributed by atoms with Crippen molar-refractivity contribution in [3.8, 4) is 0 Å². The lowest BCUT2D eigenvalue weighted by Crippen LogP contribution is -2.14. The molecule has 1 rings (SSSR count). The van der Waals surface area contributed by atoms with Gasteiger partial charge < -0.3 is 5.11 Å². The summed E-state index contributed by atoms with van der Waals surface area (Å²) in [6.45, 7) is 10.9. The molecule has 2 heteroatoms. The van der Waals surface area contributed by atoms with E-state index in [-0.39, 0.29) is 11.8 Å². The van der Waals surface area contributed by atoms with Crippen LogP contribution in [0.2, 0.25) is 0 Å². The molecule has 1 atom stereocenters. The minimum Gasteiger partial charge on any atom is -0.481 e. The Labute approximate surface area is 110 Å². The average molecular weight is 248 g/mol. The Morgan fingerprint density at radius 1 is 1.33 bits per heavy atom. The molecule has 0 saturated carbocycles. The lowest BCUT2D eigenvalue weighted by atomic mass is 9.81. The summed E-state index contributed by atoms with van der Waals surface area (Å²) in [4.78, 5) is 10.6. The molecule has 0 radical (unpaired) electrons. The third kappa shape index (κ3) is 3.86. The molecule has 1 N–H and O–H groups in total. The maximum Gasteiger partial charge on any atom is 0.303 e. The van der Waals surface area contributed by atoms with Crippen LogP contribution in [0.5, 0.6) is 0 Å². The lowest BCUT2D eigenvalue weighted by molar-refractivity contribution is -0.137. The number of carboxylic acid groups (broad SMARTS) is 1. The molecule has 0 amide bonds. The molecule has 0 spiro atoms. The number of benzene rings is 1. The van der Waals surface area contributed by atoms with Crippen LogP contribution in [0.1, 0.15) is 63.1 Å². The molecule has 2 nitrogen and oxygen atoms in total. The van der Waals surface area contributed by atoms with Crippen molar-refractivity contribution in [3.05, 3.63) is 34.9 Å². The van der Waals surface area contributed by atoms with E-state index in [1.807, 2.05) is 0 Å². The highest BCUT2D eigenvalue weighted by atomic mass is 16.4. The van der Waals surface area contributed by atoms with E-state index in [1.54, 1.807) is 0 Å². The standard InChI is InChI=1S/C16H24O2/c1-11(7-9-15(17)18)13-8-6-12(2)14(10-13)16(3,4)5/h6,8,10-11H,7,9H2,1-5H3,(H,17,18). The van der Waals surface area contributed by atoms with Crippen molar-refractivity contribution in [1.82, 2.24) is 0 Å². The maximum atomic E-state index is 10.6. The highest BCUT2D eigenvalue weighted by Crippen LogP contribution is 2.30. The highest BCUT2D eigenvalue weighted by molar-refractivity contribution is 5.66. The molecule has 1 unspecified atom stereocenters. The zero-order valence-corrected chi connectivity index (χ0v) is 12.1. The molecule has 0 aliphatic carbocycles. The second-order valence-electron chi connectivity index (χ2n) is 6.16. The van der Waals surface area contributed by atoms with E-state index in [4.69, 9.17) is 5.11 Å². The van der Waals surface area contributed by atoms with E-state index in [9.17, 15) is 4.79 Å². The minimum absolute atomic E-state index is 0.132. The number of hydrogen-bond acceptors (Lipinski definition) is 1. The van der Waals surface area contributed by atoms with Crippen LogP contribution in [0, 0.1) is 6.92 Å². The van der Waals surface area contributed by atoms with Crippen molar-refractivity contribution in [3.63, 3.8) is 0 Å². The number of rotatable bonds is 4. The third-order valence-electron chi connectivity index (χ3n) is 3.43. The van der Waals surface area contributed by atoms with Gasteiger partial charge in [0.1, 0.15) is 0 Å². The fourth-order valence-electron chi connectivity index (χ4n) is 2.26. The van der Waals surface area contributed by atoms with Crippen molar-refractivity contribution in [2.45, 2.75) is 58.8 Å². The van der Waals surface area contributed by atoms with Gasteiger partial charge in [-0.05, 0) is 41.4 Å². The monoisotopic (exact) mass is 248 g/mol. The molecule has 100 valence electrons. The fourth-order valence-corrected chi connectivity index (χ4v) is 2.26. The average Bonchev–Trinajstić information content (AvgIpc) is 2.24. The third-order valence-corrected chi connectivity index (χ3v) is 3.43. The van der Waals surface area contributed by atoms with E-state index in [2.05, 4.69) is 52.8 Å². The van der Waals surface area contributed by atoms with Gasteiger partial charge in [-0.1, -0.05) is 45.9 Å². The van der Waals surface area contributed by atoms with Crippen LogP contribution in [-0.4, -0.2) is 11.1 Å². The number of carboxylic acids is 1. The molecule has 0 aliphatic rings. The van der Waals surface area contributed by atoms with E-state index in [0.29, 0.717) is 12.3 Å². The molecule has 0 aliphatic heterocycles. The van der Waals surface area contributed by atoms with Crippen LogP contribution in [0.3, 0.4) is 0 Å².